The lowest BCUT2D eigenvalue weighted by atomic mass is 10.1. The maximum atomic E-state index is 8.40. The number of unbranched alkanes of at least 4 members (excludes halogenated alkanes) is 1. The van der Waals surface area contributed by atoms with E-state index in [4.69, 9.17) is 5.21 Å². The molecule has 0 saturated heterocycles. The van der Waals surface area contributed by atoms with E-state index >= 15 is 0 Å². The lowest BCUT2D eigenvalue weighted by molar-refractivity contribution is 0.321. The van der Waals surface area contributed by atoms with Gasteiger partial charge >= 0.3 is 0 Å². The zero-order chi connectivity index (χ0) is 12.6. The van der Waals surface area contributed by atoms with Gasteiger partial charge in [0.15, 0.2) is 0 Å². The van der Waals surface area contributed by atoms with E-state index in [1.807, 2.05) is 11.4 Å². The van der Waals surface area contributed by atoms with Crippen LogP contribution in [0.5, 0.6) is 0 Å². The monoisotopic (exact) mass is 260 g/mol. The van der Waals surface area contributed by atoms with Crippen molar-refractivity contribution in [2.45, 2.75) is 25.7 Å². The van der Waals surface area contributed by atoms with Crippen LogP contribution in [0.15, 0.2) is 40.9 Å². The predicted octanol–water partition coefficient (Wildman–Crippen LogP) is 3.52. The van der Waals surface area contributed by atoms with E-state index < -0.39 is 0 Å². The third kappa shape index (κ3) is 3.96. The van der Waals surface area contributed by atoms with Gasteiger partial charge in [-0.3, -0.25) is 0 Å². The van der Waals surface area contributed by atoms with Crippen molar-refractivity contribution in [2.75, 3.05) is 0 Å². The molecular formula is C14H16N2OS. The lowest BCUT2D eigenvalue weighted by Crippen LogP contribution is -1.89. The Morgan fingerprint density at radius 2 is 1.94 bits per heavy atom. The fourth-order valence-electron chi connectivity index (χ4n) is 1.81. The molecule has 0 unspecified atom stereocenters. The molecule has 0 radical (unpaired) electrons. The smallest absolute Gasteiger partial charge is 0.0958 e. The third-order valence-corrected chi connectivity index (χ3v) is 3.64. The molecule has 0 fully saturated rings. The normalized spacial score (nSPS) is 11.1. The van der Waals surface area contributed by atoms with Gasteiger partial charge in [-0.25, -0.2) is 4.98 Å². The molecule has 1 aromatic heterocycles. The van der Waals surface area contributed by atoms with Crippen molar-refractivity contribution in [3.63, 3.8) is 0 Å². The first-order valence-corrected chi connectivity index (χ1v) is 6.92. The van der Waals surface area contributed by atoms with Crippen LogP contribution in [0.3, 0.4) is 0 Å². The molecule has 0 saturated carbocycles. The number of hydrogen-bond donors (Lipinski definition) is 1. The summed E-state index contributed by atoms with van der Waals surface area (Å²) in [5.74, 6) is 0. The summed E-state index contributed by atoms with van der Waals surface area (Å²) in [6.07, 6.45) is 5.79. The first-order valence-electron chi connectivity index (χ1n) is 6.04. The summed E-state index contributed by atoms with van der Waals surface area (Å²) in [5.41, 5.74) is 2.13. The zero-order valence-corrected chi connectivity index (χ0v) is 10.9. The molecule has 1 N–H and O–H groups in total. The number of hydrogen-bond acceptors (Lipinski definition) is 4. The predicted molar refractivity (Wildman–Crippen MR) is 74.6 cm³/mol. The highest BCUT2D eigenvalue weighted by atomic mass is 32.1. The van der Waals surface area contributed by atoms with Crippen molar-refractivity contribution >= 4 is 17.6 Å². The fourth-order valence-corrected chi connectivity index (χ4v) is 2.60. The highest BCUT2D eigenvalue weighted by Gasteiger charge is 2.00. The van der Waals surface area contributed by atoms with Crippen molar-refractivity contribution in [1.82, 2.24) is 4.98 Å². The molecule has 0 aliphatic rings. The minimum atomic E-state index is 0.737. The van der Waals surface area contributed by atoms with Gasteiger partial charge < -0.3 is 5.21 Å². The van der Waals surface area contributed by atoms with Gasteiger partial charge in [0.1, 0.15) is 0 Å². The number of benzene rings is 1. The molecule has 4 heteroatoms. The average molecular weight is 260 g/mol. The van der Waals surface area contributed by atoms with Gasteiger partial charge in [-0.05, 0) is 31.2 Å². The Morgan fingerprint density at radius 3 is 2.72 bits per heavy atom. The van der Waals surface area contributed by atoms with Crippen molar-refractivity contribution in [3.8, 4) is 0 Å². The Kier molecular flexibility index (Phi) is 4.90. The fraction of sp³-hybridized carbons (Fsp3) is 0.286. The molecule has 0 bridgehead atoms. The van der Waals surface area contributed by atoms with Crippen LogP contribution >= 0.6 is 11.3 Å². The van der Waals surface area contributed by atoms with Gasteiger partial charge in [0, 0.05) is 5.38 Å². The van der Waals surface area contributed by atoms with Crippen molar-refractivity contribution in [1.29, 1.82) is 0 Å². The van der Waals surface area contributed by atoms with Crippen LogP contribution < -0.4 is 0 Å². The van der Waals surface area contributed by atoms with E-state index in [-0.39, 0.29) is 0 Å². The Labute approximate surface area is 111 Å². The molecule has 0 spiro atoms. The van der Waals surface area contributed by atoms with Crippen LogP contribution in [-0.4, -0.2) is 16.4 Å². The van der Waals surface area contributed by atoms with Gasteiger partial charge in [0.25, 0.3) is 0 Å². The van der Waals surface area contributed by atoms with E-state index in [1.165, 1.54) is 18.2 Å². The molecule has 0 aliphatic heterocycles. The minimum absolute atomic E-state index is 0.737. The standard InChI is InChI=1S/C14H16N2OS/c17-15-10-13-11-18-14(16-13)9-5-4-8-12-6-2-1-3-7-12/h1-3,6-7,10-11,17H,4-5,8-9H2/b15-10+. The number of thiazole rings is 1. The Morgan fingerprint density at radius 1 is 1.17 bits per heavy atom. The molecular weight excluding hydrogens is 244 g/mol. The third-order valence-electron chi connectivity index (χ3n) is 2.71. The number of aromatic nitrogens is 1. The van der Waals surface area contributed by atoms with Crippen molar-refractivity contribution in [3.05, 3.63) is 52.0 Å². The molecule has 0 amide bonds. The van der Waals surface area contributed by atoms with Crippen LogP contribution in [0.25, 0.3) is 0 Å². The second kappa shape index (κ2) is 6.91. The van der Waals surface area contributed by atoms with Crippen LogP contribution in [0, 0.1) is 0 Å². The molecule has 0 atom stereocenters. The first-order chi connectivity index (χ1) is 8.88. The summed E-state index contributed by atoms with van der Waals surface area (Å²) < 4.78 is 0. The van der Waals surface area contributed by atoms with Crippen LogP contribution in [-0.2, 0) is 12.8 Å². The molecule has 1 aromatic carbocycles. The number of oxime groups is 1. The molecule has 2 aromatic rings. The lowest BCUT2D eigenvalue weighted by Gasteiger charge is -1.99. The molecule has 94 valence electrons. The average Bonchev–Trinajstić information content (AvgIpc) is 2.84. The second-order valence-electron chi connectivity index (χ2n) is 4.10. The van der Waals surface area contributed by atoms with Gasteiger partial charge in [-0.2, -0.15) is 0 Å². The molecule has 18 heavy (non-hydrogen) atoms. The maximum absolute atomic E-state index is 8.40. The highest BCUT2D eigenvalue weighted by Crippen LogP contribution is 2.13. The maximum Gasteiger partial charge on any atom is 0.0958 e. The highest BCUT2D eigenvalue weighted by molar-refractivity contribution is 7.09. The van der Waals surface area contributed by atoms with E-state index in [1.54, 1.807) is 11.3 Å². The van der Waals surface area contributed by atoms with Crippen LogP contribution in [0.4, 0.5) is 0 Å². The summed E-state index contributed by atoms with van der Waals surface area (Å²) in [7, 11) is 0. The zero-order valence-electron chi connectivity index (χ0n) is 10.1. The number of nitrogens with zero attached hydrogens (tertiary/aromatic N) is 2. The topological polar surface area (TPSA) is 45.5 Å². The molecule has 1 heterocycles. The van der Waals surface area contributed by atoms with Gasteiger partial charge in [-0.1, -0.05) is 35.5 Å². The number of aryl methyl sites for hydroxylation is 2. The summed E-state index contributed by atoms with van der Waals surface area (Å²) in [5, 5.41) is 14.4. The van der Waals surface area contributed by atoms with Crippen molar-refractivity contribution < 1.29 is 5.21 Å². The van der Waals surface area contributed by atoms with Gasteiger partial charge in [-0.15, -0.1) is 11.3 Å². The Balaban J connectivity index is 1.72. The first kappa shape index (κ1) is 12.8. The quantitative estimate of drug-likeness (QED) is 0.374. The van der Waals surface area contributed by atoms with E-state index in [9.17, 15) is 0 Å². The Hall–Kier alpha value is -1.68. The van der Waals surface area contributed by atoms with Gasteiger partial charge in [0.05, 0.1) is 16.9 Å². The van der Waals surface area contributed by atoms with E-state index in [0.717, 1.165) is 30.0 Å². The summed E-state index contributed by atoms with van der Waals surface area (Å²) in [6, 6.07) is 10.5. The minimum Gasteiger partial charge on any atom is -0.411 e. The van der Waals surface area contributed by atoms with Crippen LogP contribution in [0.2, 0.25) is 0 Å². The van der Waals surface area contributed by atoms with Crippen molar-refractivity contribution in [2.24, 2.45) is 5.16 Å². The molecule has 3 nitrogen and oxygen atoms in total. The second-order valence-corrected chi connectivity index (χ2v) is 5.05. The SMILES string of the molecule is O/N=C/c1csc(CCCCc2ccccc2)n1. The summed E-state index contributed by atoms with van der Waals surface area (Å²) >= 11 is 1.62. The van der Waals surface area contributed by atoms with E-state index in [0.29, 0.717) is 0 Å². The largest absolute Gasteiger partial charge is 0.411 e. The molecule has 2 rings (SSSR count). The van der Waals surface area contributed by atoms with Crippen LogP contribution in [0.1, 0.15) is 29.1 Å². The van der Waals surface area contributed by atoms with Gasteiger partial charge in [0.2, 0.25) is 0 Å². The molecule has 0 aliphatic carbocycles. The van der Waals surface area contributed by atoms with E-state index in [2.05, 4.69) is 34.4 Å². The summed E-state index contributed by atoms with van der Waals surface area (Å²) in [4.78, 5) is 4.35. The summed E-state index contributed by atoms with van der Waals surface area (Å²) in [6.45, 7) is 0. The number of rotatable bonds is 6. The Bertz CT molecular complexity index is 494.